The monoisotopic (exact) mass is 728 g/mol. The highest BCUT2D eigenvalue weighted by Gasteiger charge is 2.93. The van der Waals surface area contributed by atoms with E-state index in [1.54, 1.807) is 48.5 Å². The lowest BCUT2D eigenvalue weighted by molar-refractivity contribution is -0.169. The number of aliphatic hydroxyl groups excluding tert-OH is 4. The van der Waals surface area contributed by atoms with Crippen LogP contribution in [0.25, 0.3) is 0 Å². The Bertz CT molecular complexity index is 1810. The fourth-order valence-corrected chi connectivity index (χ4v) is 17.4. The molecule has 4 amide bonds. The molecule has 6 N–H and O–H groups in total. The summed E-state index contributed by atoms with van der Waals surface area (Å²) in [5, 5.41) is 54.7. The van der Waals surface area contributed by atoms with Crippen molar-refractivity contribution in [2.24, 2.45) is 0 Å². The Morgan fingerprint density at radius 2 is 1.00 bits per heavy atom. The summed E-state index contributed by atoms with van der Waals surface area (Å²) in [5.74, 6) is -2.36. The number of carbonyl (C=O) groups is 4. The average molecular weight is 729 g/mol. The number of hydrogen-bond donors (Lipinski definition) is 6. The second-order valence-corrected chi connectivity index (χ2v) is 18.7. The number of anilines is 2. The molecule has 8 fully saturated rings. The van der Waals surface area contributed by atoms with Gasteiger partial charge in [-0.15, -0.1) is 0 Å². The summed E-state index contributed by atoms with van der Waals surface area (Å²) in [5.41, 5.74) is -1.46. The first-order chi connectivity index (χ1) is 23.0. The van der Waals surface area contributed by atoms with Crippen molar-refractivity contribution in [2.45, 2.75) is 54.9 Å². The third-order valence-corrected chi connectivity index (χ3v) is 19.4. The van der Waals surface area contributed by atoms with E-state index in [0.717, 1.165) is 43.2 Å². The number of nitrogens with one attached hydrogen (secondary N) is 2. The molecule has 2 aromatic rings. The molecule has 4 bridgehead atoms. The van der Waals surface area contributed by atoms with Crippen LogP contribution >= 0.6 is 43.2 Å². The number of hydrogen-bond acceptors (Lipinski definition) is 14. The molecule has 4 unspecified atom stereocenters. The van der Waals surface area contributed by atoms with Crippen molar-refractivity contribution in [3.8, 4) is 0 Å². The predicted octanol–water partition coefficient (Wildman–Crippen LogP) is -0.724. The molecule has 2 spiro atoms. The molecular weight excluding hydrogens is 701 g/mol. The minimum atomic E-state index is -1.91. The summed E-state index contributed by atoms with van der Waals surface area (Å²) in [4.78, 5) is 56.6. The van der Waals surface area contributed by atoms with Crippen LogP contribution in [-0.4, -0.2) is 135 Å². The zero-order chi connectivity index (χ0) is 33.6. The van der Waals surface area contributed by atoms with Gasteiger partial charge in [0.15, 0.2) is 0 Å². The van der Waals surface area contributed by atoms with Crippen molar-refractivity contribution in [2.75, 3.05) is 37.9 Å². The van der Waals surface area contributed by atoms with Crippen molar-refractivity contribution < 1.29 is 39.6 Å². The Kier molecular flexibility index (Phi) is 5.45. The van der Waals surface area contributed by atoms with Crippen LogP contribution in [-0.2, 0) is 30.0 Å². The molecule has 12 rings (SSSR count). The van der Waals surface area contributed by atoms with E-state index in [4.69, 9.17) is 0 Å². The molecule has 10 heterocycles. The van der Waals surface area contributed by atoms with Crippen LogP contribution in [0.4, 0.5) is 11.4 Å². The molecule has 18 heteroatoms. The summed E-state index contributed by atoms with van der Waals surface area (Å²) in [7, 11) is 6.89. The highest BCUT2D eigenvalue weighted by Crippen LogP contribution is 2.78. The molecule has 0 aromatic heterocycles. The molecule has 2 aromatic carbocycles. The van der Waals surface area contributed by atoms with Crippen molar-refractivity contribution in [3.05, 3.63) is 59.7 Å². The first-order valence-corrected chi connectivity index (χ1v) is 19.5. The van der Waals surface area contributed by atoms with Crippen molar-refractivity contribution in [1.29, 1.82) is 0 Å². The Morgan fingerprint density at radius 3 is 1.38 bits per heavy atom. The fourth-order valence-electron chi connectivity index (χ4n) is 10.0. The molecule has 0 saturated carbocycles. The molecule has 14 nitrogen and oxygen atoms in total. The van der Waals surface area contributed by atoms with Gasteiger partial charge in [0.05, 0.1) is 24.0 Å². The van der Waals surface area contributed by atoms with Gasteiger partial charge < -0.3 is 40.9 Å². The number of para-hydroxylation sites is 2. The predicted molar refractivity (Wildman–Crippen MR) is 178 cm³/mol. The largest absolute Gasteiger partial charge is 0.392 e. The molecule has 10 aliphatic heterocycles. The lowest BCUT2D eigenvalue weighted by Gasteiger charge is -2.58. The Balaban J connectivity index is 1.34. The summed E-state index contributed by atoms with van der Waals surface area (Å²) >= 11 is 0. The number of nitrogens with zero attached hydrogens (tertiary/aromatic N) is 4. The van der Waals surface area contributed by atoms with Crippen LogP contribution < -0.4 is 10.6 Å². The first-order valence-electron chi connectivity index (χ1n) is 15.2. The van der Waals surface area contributed by atoms with Gasteiger partial charge in [-0.1, -0.05) is 36.4 Å². The van der Waals surface area contributed by atoms with Crippen molar-refractivity contribution in [1.82, 2.24) is 19.6 Å². The number of piperazine rings is 2. The third kappa shape index (κ3) is 2.47. The molecule has 250 valence electrons. The fraction of sp³-hybridized carbons (Fsp3) is 0.467. The maximum atomic E-state index is 14.7. The Hall–Kier alpha value is -2.84. The number of amides is 4. The highest BCUT2D eigenvalue weighted by atomic mass is 33.1. The number of fused-ring (bicyclic) bond motifs is 11. The second kappa shape index (κ2) is 8.71. The zero-order valence-corrected chi connectivity index (χ0v) is 28.5. The van der Waals surface area contributed by atoms with E-state index in [0.29, 0.717) is 22.5 Å². The Morgan fingerprint density at radius 1 is 0.625 bits per heavy atom. The summed E-state index contributed by atoms with van der Waals surface area (Å²) < 4.78 is 0. The van der Waals surface area contributed by atoms with Crippen LogP contribution in [0.2, 0.25) is 0 Å². The number of carbonyl (C=O) groups excluding carboxylic acids is 4. The van der Waals surface area contributed by atoms with Crippen LogP contribution in [0, 0.1) is 0 Å². The second-order valence-electron chi connectivity index (χ2n) is 13.4. The van der Waals surface area contributed by atoms with Gasteiger partial charge in [-0.25, -0.2) is 0 Å². The van der Waals surface area contributed by atoms with E-state index in [9.17, 15) is 39.6 Å². The average Bonchev–Trinajstić information content (AvgIpc) is 3.75. The molecule has 0 aliphatic carbocycles. The maximum absolute atomic E-state index is 14.7. The quantitative estimate of drug-likeness (QED) is 0.218. The van der Waals surface area contributed by atoms with Gasteiger partial charge in [0.25, 0.3) is 23.6 Å². The number of benzene rings is 2. The molecule has 8 saturated heterocycles. The SMILES string of the molecule is CN1C(=O)C23SS[C@]1(CO)C(=O)N2[C@H]1Nc2ccccc2C1(C12c4ccccc4N[C@@H]1N1C(=O)[C@@]4(CO)SSC1(C(=O)N4C)[C@H]2O)[C@@H]3O. The van der Waals surface area contributed by atoms with Gasteiger partial charge in [-0.3, -0.25) is 29.0 Å². The Labute approximate surface area is 288 Å². The number of aliphatic hydroxyl groups is 4. The normalized spacial score (nSPS) is 45.5. The summed E-state index contributed by atoms with van der Waals surface area (Å²) in [6.45, 7) is -1.35. The lowest BCUT2D eigenvalue weighted by atomic mass is 9.52. The topological polar surface area (TPSA) is 186 Å². The minimum absolute atomic E-state index is 0.498. The first kappa shape index (κ1) is 30.0. The molecule has 10 atom stereocenters. The van der Waals surface area contributed by atoms with E-state index in [2.05, 4.69) is 10.6 Å². The lowest BCUT2D eigenvalue weighted by Crippen LogP contribution is -2.79. The number of likely N-dealkylation sites (N-methyl/N-ethyl adjacent to an activating group) is 2. The smallest absolute Gasteiger partial charge is 0.265 e. The highest BCUT2D eigenvalue weighted by molar-refractivity contribution is 8.78. The molecule has 10 aliphatic rings. The zero-order valence-electron chi connectivity index (χ0n) is 25.2. The van der Waals surface area contributed by atoms with Crippen LogP contribution in [0.15, 0.2) is 48.5 Å². The van der Waals surface area contributed by atoms with Crippen molar-refractivity contribution in [3.63, 3.8) is 0 Å². The van der Waals surface area contributed by atoms with Gasteiger partial charge in [0.1, 0.15) is 24.5 Å². The van der Waals surface area contributed by atoms with Crippen molar-refractivity contribution >= 4 is 78.2 Å². The van der Waals surface area contributed by atoms with Gasteiger partial charge in [0.2, 0.25) is 19.5 Å². The van der Waals surface area contributed by atoms with E-state index >= 15 is 0 Å². The van der Waals surface area contributed by atoms with Crippen LogP contribution in [0.5, 0.6) is 0 Å². The van der Waals surface area contributed by atoms with Gasteiger partial charge in [0, 0.05) is 25.5 Å². The summed E-state index contributed by atoms with van der Waals surface area (Å²) in [6.07, 6.45) is -5.79. The van der Waals surface area contributed by atoms with Crippen LogP contribution in [0.1, 0.15) is 11.1 Å². The van der Waals surface area contributed by atoms with Gasteiger partial charge in [-0.2, -0.15) is 0 Å². The summed E-state index contributed by atoms with van der Waals surface area (Å²) in [6, 6.07) is 14.2. The van der Waals surface area contributed by atoms with E-state index in [1.165, 1.54) is 33.7 Å². The minimum Gasteiger partial charge on any atom is -0.392 e. The standard InChI is InChI=1S/C30H28N6O8S4/c1-33-23(43)29-17(39)27(13-7-3-5-9-15(13)31-19(27)35(29)21(41)25(33,11-37)45-47-29)28-14-8-4-6-10-16(14)32-20(28)36-22(42)26(12-38)34(2)24(44)30(36,18(28)40)48-46-26/h3-10,17-20,31-32,37-40H,11-12H2,1-2H3/t17-,18-,19+,20+,25+,26+,27?,28?,29?,30?/m0/s1. The maximum Gasteiger partial charge on any atom is 0.265 e. The molecule has 48 heavy (non-hydrogen) atoms. The van der Waals surface area contributed by atoms with Crippen LogP contribution in [0.3, 0.4) is 0 Å². The van der Waals surface area contributed by atoms with Gasteiger partial charge in [-0.05, 0) is 66.4 Å². The van der Waals surface area contributed by atoms with E-state index in [1.807, 2.05) is 0 Å². The van der Waals surface area contributed by atoms with E-state index in [-0.39, 0.29) is 0 Å². The number of rotatable bonds is 3. The third-order valence-electron chi connectivity index (χ3n) is 12.2. The molecule has 0 radical (unpaired) electrons. The molecular formula is C30H28N6O8S4. The van der Waals surface area contributed by atoms with Gasteiger partial charge >= 0.3 is 0 Å². The van der Waals surface area contributed by atoms with E-state index < -0.39 is 91.7 Å².